The van der Waals surface area contributed by atoms with Crippen LogP contribution in [-0.4, -0.2) is 27.6 Å². The van der Waals surface area contributed by atoms with Crippen LogP contribution < -0.4 is 4.90 Å². The van der Waals surface area contributed by atoms with Crippen LogP contribution in [0.15, 0.2) is 36.9 Å². The summed E-state index contributed by atoms with van der Waals surface area (Å²) in [7, 11) is 0. The Labute approximate surface area is 144 Å². The van der Waals surface area contributed by atoms with Crippen molar-refractivity contribution in [3.63, 3.8) is 0 Å². The van der Waals surface area contributed by atoms with E-state index < -0.39 is 0 Å². The molecule has 1 aromatic carbocycles. The molecule has 4 nitrogen and oxygen atoms in total. The van der Waals surface area contributed by atoms with E-state index in [4.69, 9.17) is 28.2 Å². The fourth-order valence-corrected chi connectivity index (χ4v) is 3.46. The van der Waals surface area contributed by atoms with Crippen molar-refractivity contribution in [3.05, 3.63) is 47.0 Å². The van der Waals surface area contributed by atoms with Gasteiger partial charge in [-0.1, -0.05) is 23.2 Å². The number of hydrogen-bond donors (Lipinski definition) is 0. The van der Waals surface area contributed by atoms with Gasteiger partial charge in [-0.15, -0.1) is 0 Å². The Bertz CT molecular complexity index is 839. The van der Waals surface area contributed by atoms with Crippen LogP contribution in [-0.2, 0) is 0 Å². The van der Waals surface area contributed by atoms with Crippen molar-refractivity contribution >= 4 is 39.9 Å². The first-order valence-electron chi connectivity index (χ1n) is 7.76. The van der Waals surface area contributed by atoms with Gasteiger partial charge in [0.2, 0.25) is 0 Å². The molecule has 4 rings (SSSR count). The first-order valence-corrected chi connectivity index (χ1v) is 8.51. The molecule has 1 aliphatic heterocycles. The molecule has 0 spiro atoms. The van der Waals surface area contributed by atoms with Gasteiger partial charge in [0.1, 0.15) is 5.82 Å². The summed E-state index contributed by atoms with van der Waals surface area (Å²) in [5.74, 6) is 0.949. The molecule has 0 amide bonds. The number of benzene rings is 1. The maximum atomic E-state index is 6.43. The van der Waals surface area contributed by atoms with Crippen LogP contribution in [0.4, 0.5) is 5.82 Å². The average Bonchev–Trinajstić information content (AvgIpc) is 3.13. The Hall–Kier alpha value is -1.78. The summed E-state index contributed by atoms with van der Waals surface area (Å²) >= 11 is 12.6. The molecule has 1 aliphatic rings. The van der Waals surface area contributed by atoms with Gasteiger partial charge in [-0.2, -0.15) is 0 Å². The van der Waals surface area contributed by atoms with Crippen LogP contribution >= 0.6 is 23.2 Å². The van der Waals surface area contributed by atoms with E-state index in [1.807, 2.05) is 22.9 Å². The molecule has 3 aromatic rings. The van der Waals surface area contributed by atoms with Gasteiger partial charge in [-0.05, 0) is 31.4 Å². The Morgan fingerprint density at radius 3 is 2.61 bits per heavy atom. The predicted octanol–water partition coefficient (Wildman–Crippen LogP) is 4.72. The van der Waals surface area contributed by atoms with Gasteiger partial charge >= 0.3 is 0 Å². The van der Waals surface area contributed by atoms with Crippen molar-refractivity contribution in [2.24, 2.45) is 0 Å². The van der Waals surface area contributed by atoms with Gasteiger partial charge in [-0.3, -0.25) is 0 Å². The zero-order valence-corrected chi connectivity index (χ0v) is 14.1. The van der Waals surface area contributed by atoms with Crippen LogP contribution in [0.25, 0.3) is 16.6 Å². The third-order valence-corrected chi connectivity index (χ3v) is 5.09. The summed E-state index contributed by atoms with van der Waals surface area (Å²) in [5, 5.41) is 2.00. The van der Waals surface area contributed by atoms with Crippen molar-refractivity contribution in [1.29, 1.82) is 0 Å². The Morgan fingerprint density at radius 1 is 1.04 bits per heavy atom. The van der Waals surface area contributed by atoms with Gasteiger partial charge in [-0.25, -0.2) is 9.97 Å². The van der Waals surface area contributed by atoms with E-state index in [9.17, 15) is 0 Å². The van der Waals surface area contributed by atoms with E-state index in [0.717, 1.165) is 35.5 Å². The molecule has 23 heavy (non-hydrogen) atoms. The molecule has 2 aromatic heterocycles. The first-order chi connectivity index (χ1) is 11.2. The molecule has 0 N–H and O–H groups in total. The molecule has 0 bridgehead atoms. The molecule has 0 saturated carbocycles. The van der Waals surface area contributed by atoms with Crippen LogP contribution in [0.5, 0.6) is 0 Å². The number of hydrogen-bond acceptors (Lipinski definition) is 3. The number of fused-ring (bicyclic) bond motifs is 1. The topological polar surface area (TPSA) is 34.0 Å². The van der Waals surface area contributed by atoms with E-state index in [1.165, 1.54) is 19.3 Å². The number of pyridine rings is 1. The molecule has 1 fully saturated rings. The highest BCUT2D eigenvalue weighted by Gasteiger charge is 2.17. The monoisotopic (exact) mass is 346 g/mol. The van der Waals surface area contributed by atoms with Gasteiger partial charge in [0.15, 0.2) is 0 Å². The second-order valence-electron chi connectivity index (χ2n) is 5.77. The van der Waals surface area contributed by atoms with Crippen molar-refractivity contribution in [2.45, 2.75) is 19.3 Å². The number of rotatable bonds is 2. The van der Waals surface area contributed by atoms with Crippen molar-refractivity contribution in [3.8, 4) is 5.69 Å². The lowest BCUT2D eigenvalue weighted by Gasteiger charge is -2.28. The smallest absolute Gasteiger partial charge is 0.131 e. The summed E-state index contributed by atoms with van der Waals surface area (Å²) in [6.45, 7) is 2.06. The minimum Gasteiger partial charge on any atom is -0.357 e. The minimum atomic E-state index is 0.504. The molecule has 118 valence electrons. The molecule has 6 heteroatoms. The number of imidazole rings is 1. The van der Waals surface area contributed by atoms with Gasteiger partial charge in [0.25, 0.3) is 0 Å². The lowest BCUT2D eigenvalue weighted by atomic mass is 10.1. The summed E-state index contributed by atoms with van der Waals surface area (Å²) in [5.41, 5.74) is 1.76. The van der Waals surface area contributed by atoms with Crippen molar-refractivity contribution in [1.82, 2.24) is 14.5 Å². The van der Waals surface area contributed by atoms with Crippen LogP contribution in [0.1, 0.15) is 19.3 Å². The maximum Gasteiger partial charge on any atom is 0.131 e. The van der Waals surface area contributed by atoms with E-state index in [0.29, 0.717) is 10.0 Å². The fourth-order valence-electron chi connectivity index (χ4n) is 3.10. The maximum absolute atomic E-state index is 6.43. The Kier molecular flexibility index (Phi) is 3.87. The zero-order valence-electron chi connectivity index (χ0n) is 12.5. The number of anilines is 1. The zero-order chi connectivity index (χ0) is 15.8. The van der Waals surface area contributed by atoms with Crippen LogP contribution in [0.3, 0.4) is 0 Å². The molecule has 1 saturated heterocycles. The summed E-state index contributed by atoms with van der Waals surface area (Å²) in [6.07, 6.45) is 9.16. The minimum absolute atomic E-state index is 0.504. The third-order valence-electron chi connectivity index (χ3n) is 4.30. The largest absolute Gasteiger partial charge is 0.357 e. The summed E-state index contributed by atoms with van der Waals surface area (Å²) in [4.78, 5) is 11.3. The first kappa shape index (κ1) is 14.8. The number of nitrogens with zero attached hydrogens (tertiary/aromatic N) is 4. The van der Waals surface area contributed by atoms with E-state index >= 15 is 0 Å². The van der Waals surface area contributed by atoms with Gasteiger partial charge in [0.05, 0.1) is 27.6 Å². The molecular weight excluding hydrogens is 331 g/mol. The summed E-state index contributed by atoms with van der Waals surface area (Å²) < 4.78 is 1.99. The van der Waals surface area contributed by atoms with Gasteiger partial charge in [0, 0.05) is 36.9 Å². The Balaban J connectivity index is 1.96. The number of halogens is 2. The fraction of sp³-hybridized carbons (Fsp3) is 0.294. The second kappa shape index (κ2) is 6.02. The number of aromatic nitrogens is 3. The highest BCUT2D eigenvalue weighted by Crippen LogP contribution is 2.35. The van der Waals surface area contributed by atoms with Crippen molar-refractivity contribution < 1.29 is 0 Å². The molecule has 0 aliphatic carbocycles. The third kappa shape index (κ3) is 2.66. The normalized spacial score (nSPS) is 15.3. The quantitative estimate of drug-likeness (QED) is 0.673. The molecule has 3 heterocycles. The van der Waals surface area contributed by atoms with E-state index in [2.05, 4.69) is 16.0 Å². The standard InChI is InChI=1S/C17H16Cl2N4/c18-13-5-4-12-14(23-9-6-20-11-23)10-15(21-17(12)16(13)19)22-7-2-1-3-8-22/h4-6,9-11H,1-3,7-8H2. The van der Waals surface area contributed by atoms with E-state index in [-0.39, 0.29) is 0 Å². The van der Waals surface area contributed by atoms with Crippen LogP contribution in [0.2, 0.25) is 10.0 Å². The molecular formula is C17H16Cl2N4. The molecule has 0 atom stereocenters. The molecule has 0 unspecified atom stereocenters. The SMILES string of the molecule is Clc1ccc2c(-n3ccnc3)cc(N3CCCCC3)nc2c1Cl. The number of piperidine rings is 1. The highest BCUT2D eigenvalue weighted by atomic mass is 35.5. The molecule has 0 radical (unpaired) electrons. The average molecular weight is 347 g/mol. The highest BCUT2D eigenvalue weighted by molar-refractivity contribution is 6.45. The Morgan fingerprint density at radius 2 is 1.87 bits per heavy atom. The predicted molar refractivity (Wildman–Crippen MR) is 94.9 cm³/mol. The van der Waals surface area contributed by atoms with Gasteiger partial charge < -0.3 is 9.47 Å². The summed E-state index contributed by atoms with van der Waals surface area (Å²) in [6, 6.07) is 5.89. The van der Waals surface area contributed by atoms with E-state index in [1.54, 1.807) is 12.5 Å². The lowest BCUT2D eigenvalue weighted by Crippen LogP contribution is -2.30. The second-order valence-corrected chi connectivity index (χ2v) is 6.56. The van der Waals surface area contributed by atoms with Crippen LogP contribution in [0, 0.1) is 0 Å². The van der Waals surface area contributed by atoms with Crippen molar-refractivity contribution in [2.75, 3.05) is 18.0 Å². The lowest BCUT2D eigenvalue weighted by molar-refractivity contribution is 0.574.